The normalized spacial score (nSPS) is 13.5. The van der Waals surface area contributed by atoms with E-state index >= 15 is 0 Å². The number of alkyl halides is 3. The van der Waals surface area contributed by atoms with Crippen LogP contribution in [0.5, 0.6) is 0 Å². The van der Waals surface area contributed by atoms with Crippen LogP contribution in [-0.4, -0.2) is 24.4 Å². The summed E-state index contributed by atoms with van der Waals surface area (Å²) in [7, 11) is -0.416. The van der Waals surface area contributed by atoms with E-state index in [-0.39, 0.29) is 17.2 Å². The van der Waals surface area contributed by atoms with E-state index in [0.717, 1.165) is 7.05 Å². The van der Waals surface area contributed by atoms with E-state index in [4.69, 9.17) is 4.52 Å². The Labute approximate surface area is 127 Å². The molecular formula is C12H15F3N4O2S. The molecule has 6 nitrogen and oxygen atoms in total. The standard InChI is InChI=1S/C12H15F3N4O2S/c1-4-9-8(7(2)21-17-9)5-22(20)6-10-11(12(13,14)15)19(3)18-16-10/h4-6H2,1-3H3. The number of hydrogen-bond acceptors (Lipinski definition) is 5. The molecule has 1 unspecified atom stereocenters. The van der Waals surface area contributed by atoms with Crippen LogP contribution in [0.3, 0.4) is 0 Å². The Morgan fingerprint density at radius 3 is 2.55 bits per heavy atom. The van der Waals surface area contributed by atoms with Gasteiger partial charge < -0.3 is 4.52 Å². The number of nitrogens with zero attached hydrogens (tertiary/aromatic N) is 4. The third-order valence-electron chi connectivity index (χ3n) is 3.17. The van der Waals surface area contributed by atoms with Crippen molar-refractivity contribution in [1.29, 1.82) is 0 Å². The molecule has 122 valence electrons. The van der Waals surface area contributed by atoms with Gasteiger partial charge in [-0.2, -0.15) is 13.2 Å². The van der Waals surface area contributed by atoms with Gasteiger partial charge in [-0.1, -0.05) is 17.3 Å². The minimum Gasteiger partial charge on any atom is -0.361 e. The van der Waals surface area contributed by atoms with E-state index in [1.54, 1.807) is 6.92 Å². The van der Waals surface area contributed by atoms with Gasteiger partial charge in [0.2, 0.25) is 0 Å². The fourth-order valence-electron chi connectivity index (χ4n) is 2.11. The van der Waals surface area contributed by atoms with E-state index in [1.807, 2.05) is 6.92 Å². The first-order valence-corrected chi connectivity index (χ1v) is 7.97. The zero-order valence-electron chi connectivity index (χ0n) is 12.3. The minimum absolute atomic E-state index is 0.0758. The molecule has 22 heavy (non-hydrogen) atoms. The van der Waals surface area contributed by atoms with Crippen molar-refractivity contribution in [3.63, 3.8) is 0 Å². The van der Waals surface area contributed by atoms with Crippen LogP contribution in [0.15, 0.2) is 4.52 Å². The largest absolute Gasteiger partial charge is 0.434 e. The van der Waals surface area contributed by atoms with Crippen LogP contribution >= 0.6 is 0 Å². The highest BCUT2D eigenvalue weighted by Gasteiger charge is 2.38. The molecule has 0 N–H and O–H groups in total. The van der Waals surface area contributed by atoms with Gasteiger partial charge in [-0.05, 0) is 13.3 Å². The molecule has 2 heterocycles. The maximum Gasteiger partial charge on any atom is 0.434 e. The Morgan fingerprint density at radius 2 is 1.95 bits per heavy atom. The average Bonchev–Trinajstić information content (AvgIpc) is 2.93. The number of aryl methyl sites for hydroxylation is 3. The molecular weight excluding hydrogens is 321 g/mol. The lowest BCUT2D eigenvalue weighted by Gasteiger charge is -2.08. The molecule has 0 bridgehead atoms. The second kappa shape index (κ2) is 6.19. The maximum absolute atomic E-state index is 12.9. The van der Waals surface area contributed by atoms with Gasteiger partial charge in [-0.25, -0.2) is 4.68 Å². The molecule has 0 amide bonds. The zero-order chi connectivity index (χ0) is 16.5. The lowest BCUT2D eigenvalue weighted by atomic mass is 10.2. The molecule has 1 atom stereocenters. The number of rotatable bonds is 5. The Morgan fingerprint density at radius 1 is 1.27 bits per heavy atom. The average molecular weight is 336 g/mol. The Kier molecular flexibility index (Phi) is 4.69. The molecule has 0 aliphatic carbocycles. The van der Waals surface area contributed by atoms with Gasteiger partial charge in [-0.3, -0.25) is 4.21 Å². The molecule has 0 aliphatic rings. The van der Waals surface area contributed by atoms with E-state index in [1.165, 1.54) is 0 Å². The summed E-state index contributed by atoms with van der Waals surface area (Å²) in [6, 6.07) is 0. The van der Waals surface area contributed by atoms with Crippen molar-refractivity contribution in [3.8, 4) is 0 Å². The minimum atomic E-state index is -4.58. The fraction of sp³-hybridized carbons (Fsp3) is 0.583. The molecule has 0 radical (unpaired) electrons. The number of hydrogen-bond donors (Lipinski definition) is 0. The van der Waals surface area contributed by atoms with E-state index in [9.17, 15) is 17.4 Å². The molecule has 0 fully saturated rings. The zero-order valence-corrected chi connectivity index (χ0v) is 13.1. The maximum atomic E-state index is 12.9. The second-order valence-electron chi connectivity index (χ2n) is 4.75. The molecule has 2 aromatic rings. The monoisotopic (exact) mass is 336 g/mol. The van der Waals surface area contributed by atoms with Gasteiger partial charge in [0.25, 0.3) is 0 Å². The van der Waals surface area contributed by atoms with Crippen molar-refractivity contribution in [2.24, 2.45) is 7.05 Å². The summed E-state index contributed by atoms with van der Waals surface area (Å²) >= 11 is 0. The lowest BCUT2D eigenvalue weighted by Crippen LogP contribution is -2.15. The quantitative estimate of drug-likeness (QED) is 0.836. The molecule has 2 rings (SSSR count). The van der Waals surface area contributed by atoms with E-state index in [0.29, 0.717) is 28.1 Å². The Balaban J connectivity index is 2.18. The van der Waals surface area contributed by atoms with Crippen molar-refractivity contribution in [3.05, 3.63) is 28.4 Å². The summed E-state index contributed by atoms with van der Waals surface area (Å²) in [6.07, 6.45) is -3.98. The molecule has 0 aromatic carbocycles. The van der Waals surface area contributed by atoms with Crippen molar-refractivity contribution >= 4 is 10.8 Å². The highest BCUT2D eigenvalue weighted by Crippen LogP contribution is 2.31. The lowest BCUT2D eigenvalue weighted by molar-refractivity contribution is -0.144. The summed E-state index contributed by atoms with van der Waals surface area (Å²) in [5.74, 6) is 0.281. The van der Waals surface area contributed by atoms with Gasteiger partial charge in [-0.15, -0.1) is 5.10 Å². The van der Waals surface area contributed by atoms with Gasteiger partial charge in [0.1, 0.15) is 11.5 Å². The summed E-state index contributed by atoms with van der Waals surface area (Å²) < 4.78 is 56.6. The first kappa shape index (κ1) is 16.7. The predicted molar refractivity (Wildman–Crippen MR) is 72.2 cm³/mol. The SMILES string of the molecule is CCc1noc(C)c1CS(=O)Cc1nnn(C)c1C(F)(F)F. The van der Waals surface area contributed by atoms with Crippen molar-refractivity contribution in [2.45, 2.75) is 38.0 Å². The first-order chi connectivity index (χ1) is 10.2. The molecule has 0 aliphatic heterocycles. The molecule has 0 saturated carbocycles. The van der Waals surface area contributed by atoms with Crippen LogP contribution in [0.1, 0.15) is 35.3 Å². The summed E-state index contributed by atoms with van der Waals surface area (Å²) in [6.45, 7) is 3.55. The summed E-state index contributed by atoms with van der Waals surface area (Å²) in [4.78, 5) is 0. The van der Waals surface area contributed by atoms with Crippen LogP contribution in [0.25, 0.3) is 0 Å². The van der Waals surface area contributed by atoms with Crippen LogP contribution in [0, 0.1) is 6.92 Å². The van der Waals surface area contributed by atoms with Gasteiger partial charge in [0.15, 0.2) is 5.69 Å². The highest BCUT2D eigenvalue weighted by molar-refractivity contribution is 7.83. The summed E-state index contributed by atoms with van der Waals surface area (Å²) in [5.41, 5.74) is 0.0541. The third kappa shape index (κ3) is 3.37. The topological polar surface area (TPSA) is 73.8 Å². The first-order valence-electron chi connectivity index (χ1n) is 6.48. The number of halogens is 3. The van der Waals surface area contributed by atoms with Crippen molar-refractivity contribution in [2.75, 3.05) is 0 Å². The van der Waals surface area contributed by atoms with Crippen molar-refractivity contribution < 1.29 is 21.9 Å². The van der Waals surface area contributed by atoms with Crippen LogP contribution < -0.4 is 0 Å². The van der Waals surface area contributed by atoms with Crippen molar-refractivity contribution in [1.82, 2.24) is 20.2 Å². The van der Waals surface area contributed by atoms with Gasteiger partial charge in [0, 0.05) is 23.4 Å². The second-order valence-corrected chi connectivity index (χ2v) is 6.21. The Bertz CT molecular complexity index is 693. The summed E-state index contributed by atoms with van der Waals surface area (Å²) in [5, 5.41) is 10.7. The molecule has 0 spiro atoms. The fourth-order valence-corrected chi connectivity index (χ4v) is 3.40. The molecule has 0 saturated heterocycles. The molecule has 10 heteroatoms. The Hall–Kier alpha value is -1.71. The molecule has 2 aromatic heterocycles. The van der Waals surface area contributed by atoms with Gasteiger partial charge in [0.05, 0.1) is 17.2 Å². The van der Waals surface area contributed by atoms with E-state index in [2.05, 4.69) is 15.5 Å². The van der Waals surface area contributed by atoms with E-state index < -0.39 is 22.7 Å². The number of aromatic nitrogens is 4. The van der Waals surface area contributed by atoms with Gasteiger partial charge >= 0.3 is 6.18 Å². The van der Waals surface area contributed by atoms with Crippen LogP contribution in [0.2, 0.25) is 0 Å². The third-order valence-corrected chi connectivity index (χ3v) is 4.38. The smallest absolute Gasteiger partial charge is 0.361 e. The van der Waals surface area contributed by atoms with Crippen LogP contribution in [0.4, 0.5) is 13.2 Å². The van der Waals surface area contributed by atoms with Crippen LogP contribution in [-0.2, 0) is 42.0 Å². The predicted octanol–water partition coefficient (Wildman–Crippen LogP) is 2.14. The highest BCUT2D eigenvalue weighted by atomic mass is 32.2.